The fraction of sp³-hybridized carbons (Fsp3) is 0.345. The van der Waals surface area contributed by atoms with Crippen LogP contribution in [0.1, 0.15) is 38.2 Å². The van der Waals surface area contributed by atoms with Crippen molar-refractivity contribution >= 4 is 44.8 Å². The van der Waals surface area contributed by atoms with Gasteiger partial charge in [-0.25, -0.2) is 27.8 Å². The van der Waals surface area contributed by atoms with Crippen LogP contribution in [-0.2, 0) is 10.0 Å². The molecular formula is C29H34ClFN6O3S. The van der Waals surface area contributed by atoms with Crippen LogP contribution in [0.25, 0.3) is 22.0 Å². The predicted molar refractivity (Wildman–Crippen MR) is 163 cm³/mol. The van der Waals surface area contributed by atoms with E-state index in [9.17, 15) is 12.8 Å². The van der Waals surface area contributed by atoms with Gasteiger partial charge in [-0.05, 0) is 68.6 Å². The lowest BCUT2D eigenvalue weighted by Crippen LogP contribution is -2.38. The topological polar surface area (TPSA) is 118 Å². The van der Waals surface area contributed by atoms with Crippen LogP contribution >= 0.6 is 12.4 Å². The Balaban J connectivity index is 0.00000387. The van der Waals surface area contributed by atoms with Crippen molar-refractivity contribution < 1.29 is 17.5 Å². The first-order chi connectivity index (χ1) is 19.3. The van der Waals surface area contributed by atoms with Crippen molar-refractivity contribution in [1.82, 2.24) is 20.3 Å². The molecule has 218 valence electrons. The lowest BCUT2D eigenvalue weighted by Gasteiger charge is -2.23. The van der Waals surface area contributed by atoms with Crippen molar-refractivity contribution in [2.75, 3.05) is 28.9 Å². The summed E-state index contributed by atoms with van der Waals surface area (Å²) in [7, 11) is -3.72. The summed E-state index contributed by atoms with van der Waals surface area (Å²) in [6.07, 6.45) is 6.65. The maximum Gasteiger partial charge on any atom is 0.232 e. The molecule has 2 aromatic carbocycles. The van der Waals surface area contributed by atoms with Crippen LogP contribution < -0.4 is 20.1 Å². The first-order valence-electron chi connectivity index (χ1n) is 13.5. The molecule has 3 N–H and O–H groups in total. The lowest BCUT2D eigenvalue weighted by molar-refractivity contribution is 0.466. The Morgan fingerprint density at radius 3 is 2.71 bits per heavy atom. The molecule has 0 aliphatic carbocycles. The Labute approximate surface area is 245 Å². The van der Waals surface area contributed by atoms with Crippen molar-refractivity contribution in [3.8, 4) is 22.9 Å². The second kappa shape index (κ2) is 13.4. The van der Waals surface area contributed by atoms with Gasteiger partial charge >= 0.3 is 0 Å². The largest absolute Gasteiger partial charge is 0.437 e. The number of hydrogen-bond donors (Lipinski definition) is 3. The zero-order valence-electron chi connectivity index (χ0n) is 23.0. The molecule has 0 radical (unpaired) electrons. The molecule has 1 atom stereocenters. The van der Waals surface area contributed by atoms with Gasteiger partial charge in [0.15, 0.2) is 0 Å². The molecule has 0 bridgehead atoms. The summed E-state index contributed by atoms with van der Waals surface area (Å²) in [5.41, 5.74) is 1.99. The van der Waals surface area contributed by atoms with E-state index in [1.807, 2.05) is 19.9 Å². The third-order valence-electron chi connectivity index (χ3n) is 6.85. The normalized spacial score (nSPS) is 15.2. The van der Waals surface area contributed by atoms with Gasteiger partial charge in [0.1, 0.15) is 11.6 Å². The maximum absolute atomic E-state index is 14.9. The monoisotopic (exact) mass is 600 g/mol. The molecule has 5 rings (SSSR count). The summed E-state index contributed by atoms with van der Waals surface area (Å²) in [6, 6.07) is 12.0. The number of nitrogens with one attached hydrogen (secondary N) is 3. The highest BCUT2D eigenvalue weighted by Crippen LogP contribution is 2.39. The number of aromatic nitrogens is 3. The highest BCUT2D eigenvalue weighted by Gasteiger charge is 2.20. The van der Waals surface area contributed by atoms with Gasteiger partial charge in [0.25, 0.3) is 0 Å². The second-order valence-corrected chi connectivity index (χ2v) is 11.8. The van der Waals surface area contributed by atoms with Crippen LogP contribution in [0.4, 0.5) is 16.0 Å². The summed E-state index contributed by atoms with van der Waals surface area (Å²) in [5, 5.41) is 7.73. The smallest absolute Gasteiger partial charge is 0.232 e. The van der Waals surface area contributed by atoms with Crippen molar-refractivity contribution in [3.63, 3.8) is 0 Å². The number of benzene rings is 2. The summed E-state index contributed by atoms with van der Waals surface area (Å²) in [4.78, 5) is 13.6. The molecule has 0 saturated carbocycles. The number of halogens is 2. The van der Waals surface area contributed by atoms with Gasteiger partial charge in [-0.15, -0.1) is 12.4 Å². The quantitative estimate of drug-likeness (QED) is 0.201. The van der Waals surface area contributed by atoms with Gasteiger partial charge in [0, 0.05) is 35.8 Å². The molecule has 0 spiro atoms. The molecule has 41 heavy (non-hydrogen) atoms. The fourth-order valence-corrected chi connectivity index (χ4v) is 6.03. The number of rotatable bonds is 10. The van der Waals surface area contributed by atoms with E-state index in [4.69, 9.17) is 9.72 Å². The van der Waals surface area contributed by atoms with Gasteiger partial charge < -0.3 is 15.4 Å². The Hall–Kier alpha value is -3.54. The van der Waals surface area contributed by atoms with E-state index in [1.54, 1.807) is 42.7 Å². The Bertz CT molecular complexity index is 1620. The number of aryl methyl sites for hydroxylation is 1. The molecule has 0 unspecified atom stereocenters. The molecule has 1 aliphatic heterocycles. The van der Waals surface area contributed by atoms with E-state index in [-0.39, 0.29) is 29.9 Å². The number of pyridine rings is 1. The molecule has 1 saturated heterocycles. The number of piperidine rings is 1. The molecule has 1 aliphatic rings. The third kappa shape index (κ3) is 7.22. The summed E-state index contributed by atoms with van der Waals surface area (Å²) >= 11 is 0. The van der Waals surface area contributed by atoms with Crippen LogP contribution in [-0.4, -0.2) is 48.3 Å². The SMILES string of the molecule is CCCCS(=O)(=O)Nc1c(F)ccc2c(Oc3ncccc3-c3ccnc(N[C@H]4CCCNC4)n3)c(C)ccc12.Cl. The molecule has 2 aromatic heterocycles. The van der Waals surface area contributed by atoms with Gasteiger partial charge in [-0.2, -0.15) is 0 Å². The number of anilines is 2. The van der Waals surface area contributed by atoms with Gasteiger partial charge in [-0.3, -0.25) is 4.72 Å². The van der Waals surface area contributed by atoms with E-state index in [1.165, 1.54) is 6.07 Å². The van der Waals surface area contributed by atoms with Gasteiger partial charge in [0.2, 0.25) is 21.9 Å². The third-order valence-corrected chi connectivity index (χ3v) is 8.19. The first-order valence-corrected chi connectivity index (χ1v) is 15.2. The number of unbranched alkanes of at least 4 members (excludes halogenated alkanes) is 1. The van der Waals surface area contributed by atoms with Crippen molar-refractivity contribution in [1.29, 1.82) is 0 Å². The highest BCUT2D eigenvalue weighted by atomic mass is 35.5. The average molecular weight is 601 g/mol. The minimum Gasteiger partial charge on any atom is -0.437 e. The van der Waals surface area contributed by atoms with Crippen molar-refractivity contribution in [3.05, 3.63) is 66.2 Å². The predicted octanol–water partition coefficient (Wildman–Crippen LogP) is 6.06. The van der Waals surface area contributed by atoms with Crippen LogP contribution in [0, 0.1) is 12.7 Å². The lowest BCUT2D eigenvalue weighted by atomic mass is 10.0. The standard InChI is InChI=1S/C29H33FN6O3S.ClH/c1-3-4-17-40(37,38)36-26-21-10-9-19(2)27(22(21)11-12-24(26)30)39-28-23(8-6-15-32-28)25-13-16-33-29(35-25)34-20-7-5-14-31-18-20;/h6,8-13,15-16,20,31,36H,3-5,7,14,17-18H2,1-2H3,(H,33,34,35);1H/t20-;/m0./s1. The molecule has 1 fully saturated rings. The summed E-state index contributed by atoms with van der Waals surface area (Å²) in [5.74, 6) is 0.551. The Kier molecular flexibility index (Phi) is 9.95. The highest BCUT2D eigenvalue weighted by molar-refractivity contribution is 7.92. The second-order valence-electron chi connectivity index (χ2n) is 9.91. The maximum atomic E-state index is 14.9. The molecule has 3 heterocycles. The van der Waals surface area contributed by atoms with Crippen LogP contribution in [0.3, 0.4) is 0 Å². The average Bonchev–Trinajstić information content (AvgIpc) is 2.96. The van der Waals surface area contributed by atoms with Crippen LogP contribution in [0.2, 0.25) is 0 Å². The van der Waals surface area contributed by atoms with Gasteiger partial charge in [-0.1, -0.05) is 25.5 Å². The molecular weight excluding hydrogens is 567 g/mol. The molecule has 12 heteroatoms. The molecule has 0 amide bonds. The van der Waals surface area contributed by atoms with E-state index in [0.29, 0.717) is 52.4 Å². The van der Waals surface area contributed by atoms with E-state index in [2.05, 4.69) is 25.3 Å². The molecule has 9 nitrogen and oxygen atoms in total. The summed E-state index contributed by atoms with van der Waals surface area (Å²) in [6.45, 7) is 5.64. The summed E-state index contributed by atoms with van der Waals surface area (Å²) < 4.78 is 49.0. The minimum atomic E-state index is -3.72. The number of sulfonamides is 1. The van der Waals surface area contributed by atoms with E-state index in [0.717, 1.165) is 31.5 Å². The van der Waals surface area contributed by atoms with Crippen molar-refractivity contribution in [2.45, 2.75) is 45.6 Å². The zero-order valence-corrected chi connectivity index (χ0v) is 24.6. The minimum absolute atomic E-state index is 0. The van der Waals surface area contributed by atoms with E-state index >= 15 is 0 Å². The fourth-order valence-electron chi connectivity index (χ4n) is 4.74. The zero-order chi connectivity index (χ0) is 28.1. The van der Waals surface area contributed by atoms with E-state index < -0.39 is 15.8 Å². The number of nitrogens with zero attached hydrogens (tertiary/aromatic N) is 3. The number of ether oxygens (including phenoxy) is 1. The Morgan fingerprint density at radius 2 is 1.93 bits per heavy atom. The van der Waals surface area contributed by atoms with Crippen LogP contribution in [0.5, 0.6) is 11.6 Å². The van der Waals surface area contributed by atoms with Crippen LogP contribution in [0.15, 0.2) is 54.9 Å². The van der Waals surface area contributed by atoms with Gasteiger partial charge in [0.05, 0.1) is 22.7 Å². The first kappa shape index (κ1) is 30.4. The number of fused-ring (bicyclic) bond motifs is 1. The number of hydrogen-bond acceptors (Lipinski definition) is 8. The van der Waals surface area contributed by atoms with Crippen molar-refractivity contribution in [2.24, 2.45) is 0 Å². The molecule has 4 aromatic rings. The Morgan fingerprint density at radius 1 is 1.10 bits per heavy atom.